The fraction of sp³-hybridized carbons (Fsp3) is 0.667. The van der Waals surface area contributed by atoms with E-state index in [1.165, 1.54) is 31.2 Å². The average Bonchev–Trinajstić information content (AvgIpc) is 2.80. The molecule has 1 fully saturated rings. The van der Waals surface area contributed by atoms with Crippen LogP contribution >= 0.6 is 0 Å². The number of rotatable bonds is 6. The molecule has 1 saturated carbocycles. The largest absolute Gasteiger partial charge is 0.311 e. The highest BCUT2D eigenvalue weighted by Crippen LogP contribution is 2.34. The van der Waals surface area contributed by atoms with E-state index in [2.05, 4.69) is 56.4 Å². The van der Waals surface area contributed by atoms with Gasteiger partial charge in [0.15, 0.2) is 0 Å². The molecule has 1 aromatic rings. The van der Waals surface area contributed by atoms with Gasteiger partial charge in [-0.2, -0.15) is 0 Å². The van der Waals surface area contributed by atoms with Gasteiger partial charge in [-0.15, -0.1) is 0 Å². The van der Waals surface area contributed by atoms with E-state index in [-0.39, 0.29) is 0 Å². The zero-order chi connectivity index (χ0) is 13.7. The molecule has 0 aliphatic heterocycles. The first-order chi connectivity index (χ1) is 9.24. The van der Waals surface area contributed by atoms with Gasteiger partial charge in [-0.05, 0) is 43.1 Å². The Kier molecular flexibility index (Phi) is 5.45. The van der Waals surface area contributed by atoms with Gasteiger partial charge in [-0.25, -0.2) is 0 Å². The fourth-order valence-electron chi connectivity index (χ4n) is 3.58. The molecule has 1 nitrogen and oxygen atoms in total. The molecule has 4 atom stereocenters. The predicted molar refractivity (Wildman–Crippen MR) is 83.3 cm³/mol. The van der Waals surface area contributed by atoms with Crippen molar-refractivity contribution in [3.8, 4) is 0 Å². The van der Waals surface area contributed by atoms with E-state index >= 15 is 0 Å². The van der Waals surface area contributed by atoms with E-state index in [0.29, 0.717) is 6.04 Å². The summed E-state index contributed by atoms with van der Waals surface area (Å²) in [6.45, 7) is 7.08. The van der Waals surface area contributed by atoms with Crippen molar-refractivity contribution in [1.82, 2.24) is 5.32 Å². The van der Waals surface area contributed by atoms with Gasteiger partial charge in [0.25, 0.3) is 0 Å². The zero-order valence-electron chi connectivity index (χ0n) is 12.7. The summed E-state index contributed by atoms with van der Waals surface area (Å²) < 4.78 is 0. The third-order valence-corrected chi connectivity index (χ3v) is 5.02. The van der Waals surface area contributed by atoms with Gasteiger partial charge in [0.05, 0.1) is 0 Å². The summed E-state index contributed by atoms with van der Waals surface area (Å²) in [6, 6.07) is 12.3. The van der Waals surface area contributed by atoms with Gasteiger partial charge in [0, 0.05) is 12.1 Å². The maximum atomic E-state index is 3.93. The molecular weight excluding hydrogens is 230 g/mol. The number of hydrogen-bond donors (Lipinski definition) is 1. The van der Waals surface area contributed by atoms with Gasteiger partial charge in [0.1, 0.15) is 0 Å². The Bertz CT molecular complexity index is 359. The monoisotopic (exact) mass is 259 g/mol. The molecule has 0 aromatic heterocycles. The Morgan fingerprint density at radius 3 is 2.47 bits per heavy atom. The topological polar surface area (TPSA) is 12.0 Å². The van der Waals surface area contributed by atoms with Crippen molar-refractivity contribution in [2.45, 2.75) is 65.0 Å². The molecule has 1 aromatic carbocycles. The van der Waals surface area contributed by atoms with Gasteiger partial charge >= 0.3 is 0 Å². The summed E-state index contributed by atoms with van der Waals surface area (Å²) in [5.74, 6) is 1.78. The molecule has 0 heterocycles. The van der Waals surface area contributed by atoms with E-state index < -0.39 is 0 Å². The van der Waals surface area contributed by atoms with Gasteiger partial charge in [0.2, 0.25) is 0 Å². The van der Waals surface area contributed by atoms with E-state index in [4.69, 9.17) is 0 Å². The van der Waals surface area contributed by atoms with Gasteiger partial charge < -0.3 is 5.32 Å². The summed E-state index contributed by atoms with van der Waals surface area (Å²) in [5.41, 5.74) is 1.46. The van der Waals surface area contributed by atoms with E-state index in [0.717, 1.165) is 24.3 Å². The summed E-state index contributed by atoms with van der Waals surface area (Å²) in [4.78, 5) is 0. The minimum absolute atomic E-state index is 0.630. The molecule has 1 N–H and O–H groups in total. The Labute approximate surface area is 118 Å². The average molecular weight is 259 g/mol. The second-order valence-corrected chi connectivity index (χ2v) is 6.17. The molecule has 4 unspecified atom stereocenters. The molecule has 19 heavy (non-hydrogen) atoms. The van der Waals surface area contributed by atoms with Gasteiger partial charge in [-0.3, -0.25) is 0 Å². The van der Waals surface area contributed by atoms with Crippen LogP contribution in [-0.2, 0) is 6.42 Å². The number of benzene rings is 1. The van der Waals surface area contributed by atoms with Crippen LogP contribution in [0.3, 0.4) is 0 Å². The summed E-state index contributed by atoms with van der Waals surface area (Å²) >= 11 is 0. The van der Waals surface area contributed by atoms with Crippen molar-refractivity contribution in [1.29, 1.82) is 0 Å². The Morgan fingerprint density at radius 2 is 1.89 bits per heavy atom. The molecule has 1 aliphatic carbocycles. The second kappa shape index (κ2) is 7.09. The van der Waals surface area contributed by atoms with Crippen LogP contribution in [-0.4, -0.2) is 12.1 Å². The van der Waals surface area contributed by atoms with Crippen LogP contribution < -0.4 is 5.32 Å². The molecule has 2 rings (SSSR count). The first kappa shape index (κ1) is 14.6. The molecule has 1 aliphatic rings. The van der Waals surface area contributed by atoms with Gasteiger partial charge in [-0.1, -0.05) is 57.5 Å². The Morgan fingerprint density at radius 1 is 1.16 bits per heavy atom. The predicted octanol–water partition coefficient (Wildman–Crippen LogP) is 4.42. The maximum absolute atomic E-state index is 3.93. The van der Waals surface area contributed by atoms with Crippen LogP contribution in [0.25, 0.3) is 0 Å². The SMILES string of the molecule is CCC(Cc1ccccc1)NC1CCC(CC)C1C. The zero-order valence-corrected chi connectivity index (χ0v) is 12.7. The third-order valence-electron chi connectivity index (χ3n) is 5.02. The maximum Gasteiger partial charge on any atom is 0.0108 e. The molecule has 0 bridgehead atoms. The van der Waals surface area contributed by atoms with E-state index in [1.807, 2.05) is 0 Å². The lowest BCUT2D eigenvalue weighted by atomic mass is 9.92. The van der Waals surface area contributed by atoms with E-state index in [1.54, 1.807) is 0 Å². The number of nitrogens with one attached hydrogen (secondary N) is 1. The normalized spacial score (nSPS) is 28.5. The van der Waals surface area contributed by atoms with Crippen molar-refractivity contribution >= 4 is 0 Å². The minimum Gasteiger partial charge on any atom is -0.311 e. The molecule has 1 heteroatoms. The lowest BCUT2D eigenvalue weighted by molar-refractivity contribution is 0.315. The first-order valence-corrected chi connectivity index (χ1v) is 8.04. The fourth-order valence-corrected chi connectivity index (χ4v) is 3.58. The first-order valence-electron chi connectivity index (χ1n) is 8.04. The van der Waals surface area contributed by atoms with Crippen molar-refractivity contribution in [2.75, 3.05) is 0 Å². The lowest BCUT2D eigenvalue weighted by Crippen LogP contribution is -2.41. The summed E-state index contributed by atoms with van der Waals surface area (Å²) in [5, 5.41) is 3.93. The van der Waals surface area contributed by atoms with Crippen LogP contribution in [0.4, 0.5) is 0 Å². The third kappa shape index (κ3) is 3.82. The lowest BCUT2D eigenvalue weighted by Gasteiger charge is -2.26. The highest BCUT2D eigenvalue weighted by molar-refractivity contribution is 5.16. The van der Waals surface area contributed by atoms with E-state index in [9.17, 15) is 0 Å². The molecule has 0 radical (unpaired) electrons. The molecule has 0 spiro atoms. The molecule has 106 valence electrons. The van der Waals surface area contributed by atoms with Crippen LogP contribution in [0.5, 0.6) is 0 Å². The molecule has 0 saturated heterocycles. The van der Waals surface area contributed by atoms with Crippen LogP contribution in [0, 0.1) is 11.8 Å². The van der Waals surface area contributed by atoms with Crippen molar-refractivity contribution in [3.05, 3.63) is 35.9 Å². The highest BCUT2D eigenvalue weighted by atomic mass is 15.0. The standard InChI is InChI=1S/C18H29N/c1-4-16-11-12-18(14(16)3)19-17(5-2)13-15-9-7-6-8-10-15/h6-10,14,16-19H,4-5,11-13H2,1-3H3. The second-order valence-electron chi connectivity index (χ2n) is 6.17. The highest BCUT2D eigenvalue weighted by Gasteiger charge is 2.32. The Hall–Kier alpha value is -0.820. The Balaban J connectivity index is 1.89. The minimum atomic E-state index is 0.630. The number of hydrogen-bond acceptors (Lipinski definition) is 1. The van der Waals surface area contributed by atoms with Crippen molar-refractivity contribution in [2.24, 2.45) is 11.8 Å². The molecular formula is C18H29N. The van der Waals surface area contributed by atoms with Crippen LogP contribution in [0.2, 0.25) is 0 Å². The van der Waals surface area contributed by atoms with Crippen molar-refractivity contribution in [3.63, 3.8) is 0 Å². The molecule has 0 amide bonds. The van der Waals surface area contributed by atoms with Crippen LogP contribution in [0.1, 0.15) is 52.0 Å². The summed E-state index contributed by atoms with van der Waals surface area (Å²) in [6.07, 6.45) is 6.50. The van der Waals surface area contributed by atoms with Crippen molar-refractivity contribution < 1.29 is 0 Å². The summed E-state index contributed by atoms with van der Waals surface area (Å²) in [7, 11) is 0. The quantitative estimate of drug-likeness (QED) is 0.797. The van der Waals surface area contributed by atoms with Crippen LogP contribution in [0.15, 0.2) is 30.3 Å². The smallest absolute Gasteiger partial charge is 0.0108 e.